The number of hydrogen-bond donors (Lipinski definition) is 2. The van der Waals surface area contributed by atoms with E-state index in [1.165, 1.54) is 17.0 Å². The number of nitrogens with one attached hydrogen (secondary N) is 2. The Morgan fingerprint density at radius 3 is 2.27 bits per heavy atom. The summed E-state index contributed by atoms with van der Waals surface area (Å²) in [5.74, 6) is 0.0307. The van der Waals surface area contributed by atoms with Gasteiger partial charge in [-0.25, -0.2) is 13.2 Å². The van der Waals surface area contributed by atoms with Crippen molar-refractivity contribution >= 4 is 40.1 Å². The van der Waals surface area contributed by atoms with Crippen LogP contribution in [0.1, 0.15) is 62.1 Å². The van der Waals surface area contributed by atoms with E-state index < -0.39 is 21.4 Å². The van der Waals surface area contributed by atoms with Gasteiger partial charge in [0.05, 0.1) is 17.5 Å². The number of sulfone groups is 1. The average Bonchev–Trinajstić information content (AvgIpc) is 3.56. The van der Waals surface area contributed by atoms with Gasteiger partial charge in [-0.1, -0.05) is 55.3 Å². The van der Waals surface area contributed by atoms with Crippen LogP contribution in [0, 0.1) is 5.92 Å². The lowest BCUT2D eigenvalue weighted by atomic mass is 9.87. The molecule has 2 aromatic carbocycles. The Kier molecular flexibility index (Phi) is 9.77. The molecule has 2 saturated heterocycles. The number of halogens is 1. The topological polar surface area (TPSA) is 116 Å². The summed E-state index contributed by atoms with van der Waals surface area (Å²) in [6.07, 6.45) is 7.11. The predicted octanol–water partition coefficient (Wildman–Crippen LogP) is 3.84. The van der Waals surface area contributed by atoms with Crippen molar-refractivity contribution in [2.75, 3.05) is 25.9 Å². The number of carbonyl (C=O) groups is 3. The van der Waals surface area contributed by atoms with Gasteiger partial charge in [0.2, 0.25) is 5.91 Å². The minimum Gasteiger partial charge on any atom is -0.349 e. The number of hydrogen-bond acceptors (Lipinski definition) is 6. The summed E-state index contributed by atoms with van der Waals surface area (Å²) < 4.78 is 23.5. The van der Waals surface area contributed by atoms with Crippen LogP contribution in [0.3, 0.4) is 0 Å². The Morgan fingerprint density at radius 2 is 1.66 bits per heavy atom. The van der Waals surface area contributed by atoms with E-state index in [1.54, 1.807) is 12.1 Å². The third-order valence-electron chi connectivity index (χ3n) is 8.63. The summed E-state index contributed by atoms with van der Waals surface area (Å²) in [5.41, 5.74) is 0.883. The van der Waals surface area contributed by atoms with Crippen LogP contribution in [0.15, 0.2) is 59.5 Å². The molecular formula is C30H39ClN4O5S. The summed E-state index contributed by atoms with van der Waals surface area (Å²) in [6, 6.07) is 15.9. The molecular weight excluding hydrogens is 564 g/mol. The second-order valence-electron chi connectivity index (χ2n) is 11.4. The van der Waals surface area contributed by atoms with E-state index in [0.717, 1.165) is 50.5 Å². The Hall–Kier alpha value is -2.95. The Morgan fingerprint density at radius 1 is 1.02 bits per heavy atom. The van der Waals surface area contributed by atoms with Crippen LogP contribution in [0.5, 0.6) is 0 Å². The molecule has 1 spiro atoms. The number of carbonyl (C=O) groups excluding carboxylic acids is 3. The van der Waals surface area contributed by atoms with Crippen LogP contribution in [0.4, 0.5) is 4.79 Å². The standard InChI is InChI=1S/C30H38N4O5S.ClH/c1-40(38,39)25-13-11-22(12-14-25)21-34-28(36)30(32-29(34)37)16-19-33(20-17-30)18-15-26(23-7-3-2-4-8-23)31-27(35)24-9-5-6-10-24;/h2-4,7-8,11-14,24,26H,5-6,9-10,15-21H2,1H3,(H,31,35)(H,32,37);1H/t26-;/m0./s1. The zero-order chi connectivity index (χ0) is 28.3. The van der Waals surface area contributed by atoms with Gasteiger partial charge in [-0.3, -0.25) is 14.5 Å². The molecule has 41 heavy (non-hydrogen) atoms. The minimum atomic E-state index is -3.32. The van der Waals surface area contributed by atoms with Crippen molar-refractivity contribution in [3.63, 3.8) is 0 Å². The summed E-state index contributed by atoms with van der Waals surface area (Å²) in [6.45, 7) is 2.21. The maximum Gasteiger partial charge on any atom is 0.325 e. The van der Waals surface area contributed by atoms with Gasteiger partial charge < -0.3 is 15.5 Å². The molecule has 2 aliphatic heterocycles. The number of urea groups is 1. The van der Waals surface area contributed by atoms with Crippen molar-refractivity contribution < 1.29 is 22.8 Å². The Bertz CT molecular complexity index is 1340. The van der Waals surface area contributed by atoms with Gasteiger partial charge in [0, 0.05) is 31.8 Å². The van der Waals surface area contributed by atoms with E-state index >= 15 is 0 Å². The van der Waals surface area contributed by atoms with Crippen LogP contribution in [0.25, 0.3) is 0 Å². The monoisotopic (exact) mass is 602 g/mol. The molecule has 222 valence electrons. The quantitative estimate of drug-likeness (QED) is 0.422. The number of piperidine rings is 1. The fourth-order valence-corrected chi connectivity index (χ4v) is 6.77. The van der Waals surface area contributed by atoms with Gasteiger partial charge in [0.1, 0.15) is 5.54 Å². The van der Waals surface area contributed by atoms with Gasteiger partial charge in [0.15, 0.2) is 9.84 Å². The van der Waals surface area contributed by atoms with E-state index in [-0.39, 0.29) is 47.6 Å². The SMILES string of the molecule is CS(=O)(=O)c1ccc(CN2C(=O)NC3(CCN(CC[C@H](NC(=O)C4CCCC4)c4ccccc4)CC3)C2=O)cc1.Cl. The second-order valence-corrected chi connectivity index (χ2v) is 13.4. The largest absolute Gasteiger partial charge is 0.349 e. The molecule has 4 amide bonds. The summed E-state index contributed by atoms with van der Waals surface area (Å²) >= 11 is 0. The Balaban J connectivity index is 0.00000387. The molecule has 0 aromatic heterocycles. The van der Waals surface area contributed by atoms with Gasteiger partial charge in [-0.05, 0) is 55.4 Å². The summed E-state index contributed by atoms with van der Waals surface area (Å²) in [7, 11) is -3.32. The number of rotatable bonds is 9. The van der Waals surface area contributed by atoms with Gasteiger partial charge in [0.25, 0.3) is 5.91 Å². The van der Waals surface area contributed by atoms with Gasteiger partial charge in [-0.2, -0.15) is 0 Å². The van der Waals surface area contributed by atoms with Crippen LogP contribution in [-0.4, -0.2) is 67.5 Å². The molecule has 1 aliphatic carbocycles. The molecule has 0 radical (unpaired) electrons. The van der Waals surface area contributed by atoms with Crippen molar-refractivity contribution in [3.05, 3.63) is 65.7 Å². The molecule has 3 fully saturated rings. The maximum absolute atomic E-state index is 13.4. The predicted molar refractivity (Wildman–Crippen MR) is 158 cm³/mol. The van der Waals surface area contributed by atoms with E-state index in [1.807, 2.05) is 18.2 Å². The molecule has 5 rings (SSSR count). The van der Waals surface area contributed by atoms with Crippen molar-refractivity contribution in [1.82, 2.24) is 20.4 Å². The first-order chi connectivity index (χ1) is 19.1. The molecule has 1 saturated carbocycles. The van der Waals surface area contributed by atoms with Crippen LogP contribution >= 0.6 is 12.4 Å². The van der Waals surface area contributed by atoms with Gasteiger partial charge in [-0.15, -0.1) is 12.4 Å². The van der Waals surface area contributed by atoms with Crippen molar-refractivity contribution in [1.29, 1.82) is 0 Å². The van der Waals surface area contributed by atoms with Crippen molar-refractivity contribution in [2.24, 2.45) is 5.92 Å². The first-order valence-corrected chi connectivity index (χ1v) is 16.0. The minimum absolute atomic E-state index is 0. The molecule has 9 nitrogen and oxygen atoms in total. The van der Waals surface area contributed by atoms with Crippen molar-refractivity contribution in [3.8, 4) is 0 Å². The summed E-state index contributed by atoms with van der Waals surface area (Å²) in [4.78, 5) is 42.8. The number of likely N-dealkylation sites (tertiary alicyclic amines) is 1. The van der Waals surface area contributed by atoms with E-state index in [0.29, 0.717) is 31.5 Å². The highest BCUT2D eigenvalue weighted by atomic mass is 35.5. The highest BCUT2D eigenvalue weighted by molar-refractivity contribution is 7.90. The molecule has 1 atom stereocenters. The molecule has 2 heterocycles. The zero-order valence-electron chi connectivity index (χ0n) is 23.4. The van der Waals surface area contributed by atoms with E-state index in [9.17, 15) is 22.8 Å². The third-order valence-corrected chi connectivity index (χ3v) is 9.75. The summed E-state index contributed by atoms with van der Waals surface area (Å²) in [5, 5.41) is 6.25. The highest BCUT2D eigenvalue weighted by Crippen LogP contribution is 2.32. The van der Waals surface area contributed by atoms with Crippen LogP contribution in [0.2, 0.25) is 0 Å². The number of nitrogens with zero attached hydrogens (tertiary/aromatic N) is 2. The number of benzene rings is 2. The molecule has 2 N–H and O–H groups in total. The third kappa shape index (κ3) is 7.10. The van der Waals surface area contributed by atoms with Crippen LogP contribution < -0.4 is 10.6 Å². The fraction of sp³-hybridized carbons (Fsp3) is 0.500. The molecule has 2 aromatic rings. The lowest BCUT2D eigenvalue weighted by Gasteiger charge is -2.38. The second kappa shape index (κ2) is 12.9. The Labute approximate surface area is 248 Å². The number of imide groups is 1. The number of amides is 4. The lowest BCUT2D eigenvalue weighted by Crippen LogP contribution is -2.55. The zero-order valence-corrected chi connectivity index (χ0v) is 25.0. The normalized spacial score (nSPS) is 20.1. The smallest absolute Gasteiger partial charge is 0.325 e. The van der Waals surface area contributed by atoms with E-state index in [2.05, 4.69) is 27.7 Å². The fourth-order valence-electron chi connectivity index (χ4n) is 6.14. The van der Waals surface area contributed by atoms with Crippen molar-refractivity contribution in [2.45, 2.75) is 68.0 Å². The van der Waals surface area contributed by atoms with E-state index in [4.69, 9.17) is 0 Å². The first-order valence-electron chi connectivity index (χ1n) is 14.2. The highest BCUT2D eigenvalue weighted by Gasteiger charge is 2.52. The molecule has 0 unspecified atom stereocenters. The maximum atomic E-state index is 13.4. The molecule has 11 heteroatoms. The molecule has 0 bridgehead atoms. The molecule has 3 aliphatic rings. The average molecular weight is 603 g/mol. The first kappa shape index (κ1) is 31.0. The van der Waals surface area contributed by atoms with Gasteiger partial charge >= 0.3 is 6.03 Å². The lowest BCUT2D eigenvalue weighted by molar-refractivity contribution is -0.133. The van der Waals surface area contributed by atoms with Crippen LogP contribution in [-0.2, 0) is 26.0 Å².